The lowest BCUT2D eigenvalue weighted by Crippen LogP contribution is -2.52. The second-order valence-corrected chi connectivity index (χ2v) is 7.57. The number of hydrogen-bond acceptors (Lipinski definition) is 3. The average Bonchev–Trinajstić information content (AvgIpc) is 2.60. The predicted octanol–water partition coefficient (Wildman–Crippen LogP) is 2.29. The molecule has 2 amide bonds. The van der Waals surface area contributed by atoms with Crippen LogP contribution in [-0.4, -0.2) is 35.0 Å². The van der Waals surface area contributed by atoms with Crippen molar-refractivity contribution in [1.29, 1.82) is 0 Å². The Labute approximate surface area is 175 Å². The number of benzene rings is 2. The third-order valence-electron chi connectivity index (χ3n) is 3.97. The van der Waals surface area contributed by atoms with E-state index < -0.39 is 35.7 Å². The molecule has 0 fully saturated rings. The first-order valence-electron chi connectivity index (χ1n) is 8.53. The van der Waals surface area contributed by atoms with Gasteiger partial charge in [0.25, 0.3) is 0 Å². The van der Waals surface area contributed by atoms with E-state index in [0.29, 0.717) is 5.56 Å². The van der Waals surface area contributed by atoms with E-state index in [4.69, 9.17) is 0 Å². The molecule has 8 heteroatoms. The van der Waals surface area contributed by atoms with Crippen molar-refractivity contribution < 1.29 is 23.9 Å². The summed E-state index contributed by atoms with van der Waals surface area (Å²) >= 11 is 2.12. The first-order chi connectivity index (χ1) is 13.2. The van der Waals surface area contributed by atoms with Gasteiger partial charge in [0.05, 0.1) is 0 Å². The maximum Gasteiger partial charge on any atom is 0.326 e. The number of carbonyl (C=O) groups excluding carboxylic acids is 2. The summed E-state index contributed by atoms with van der Waals surface area (Å²) < 4.78 is 14.4. The molecule has 0 saturated heterocycles. The molecule has 3 N–H and O–H groups in total. The Morgan fingerprint density at radius 2 is 1.61 bits per heavy atom. The highest BCUT2D eigenvalue weighted by atomic mass is 127. The number of hydrogen-bond donors (Lipinski definition) is 3. The van der Waals surface area contributed by atoms with Gasteiger partial charge in [-0.1, -0.05) is 24.3 Å². The van der Waals surface area contributed by atoms with Crippen molar-refractivity contribution in [3.05, 3.63) is 69.0 Å². The molecule has 2 aromatic carbocycles. The molecule has 28 heavy (non-hydrogen) atoms. The van der Waals surface area contributed by atoms with Gasteiger partial charge in [0.1, 0.15) is 17.9 Å². The maximum atomic E-state index is 13.4. The highest BCUT2D eigenvalue weighted by Gasteiger charge is 2.26. The molecule has 0 bridgehead atoms. The summed E-state index contributed by atoms with van der Waals surface area (Å²) in [4.78, 5) is 35.8. The number of carboxylic acid groups (broad SMARTS) is 1. The van der Waals surface area contributed by atoms with Gasteiger partial charge in [0.15, 0.2) is 0 Å². The van der Waals surface area contributed by atoms with E-state index in [-0.39, 0.29) is 12.8 Å². The van der Waals surface area contributed by atoms with E-state index in [2.05, 4.69) is 33.2 Å². The van der Waals surface area contributed by atoms with E-state index in [9.17, 15) is 23.9 Å². The zero-order valence-corrected chi connectivity index (χ0v) is 17.3. The number of halogens is 2. The van der Waals surface area contributed by atoms with Crippen molar-refractivity contribution in [2.24, 2.45) is 0 Å². The minimum Gasteiger partial charge on any atom is -0.480 e. The van der Waals surface area contributed by atoms with Gasteiger partial charge in [-0.15, -0.1) is 0 Å². The van der Waals surface area contributed by atoms with Gasteiger partial charge in [0, 0.05) is 23.3 Å². The first kappa shape index (κ1) is 21.8. The molecule has 2 atom stereocenters. The van der Waals surface area contributed by atoms with Crippen molar-refractivity contribution in [2.75, 3.05) is 0 Å². The Balaban J connectivity index is 2.14. The predicted molar refractivity (Wildman–Crippen MR) is 110 cm³/mol. The molecule has 0 aromatic heterocycles. The highest BCUT2D eigenvalue weighted by Crippen LogP contribution is 2.11. The van der Waals surface area contributed by atoms with Crippen LogP contribution in [-0.2, 0) is 27.2 Å². The zero-order valence-electron chi connectivity index (χ0n) is 15.1. The van der Waals surface area contributed by atoms with Gasteiger partial charge in [0.2, 0.25) is 11.8 Å². The smallest absolute Gasteiger partial charge is 0.326 e. The highest BCUT2D eigenvalue weighted by molar-refractivity contribution is 14.1. The third kappa shape index (κ3) is 6.91. The molecule has 2 aromatic rings. The van der Waals surface area contributed by atoms with E-state index in [1.54, 1.807) is 12.1 Å². The van der Waals surface area contributed by atoms with Crippen molar-refractivity contribution in [1.82, 2.24) is 10.6 Å². The van der Waals surface area contributed by atoms with Crippen LogP contribution in [0.4, 0.5) is 4.39 Å². The maximum absolute atomic E-state index is 13.4. The number of rotatable bonds is 8. The molecule has 0 heterocycles. The molecule has 2 rings (SSSR count). The molecule has 0 saturated carbocycles. The largest absolute Gasteiger partial charge is 0.480 e. The van der Waals surface area contributed by atoms with Crippen LogP contribution >= 0.6 is 22.6 Å². The van der Waals surface area contributed by atoms with Crippen molar-refractivity contribution in [3.8, 4) is 0 Å². The van der Waals surface area contributed by atoms with Crippen LogP contribution in [0.15, 0.2) is 48.5 Å². The van der Waals surface area contributed by atoms with Crippen LogP contribution < -0.4 is 10.6 Å². The number of aliphatic carboxylic acids is 1. The van der Waals surface area contributed by atoms with Crippen molar-refractivity contribution in [3.63, 3.8) is 0 Å². The normalized spacial score (nSPS) is 12.7. The number of amides is 2. The van der Waals surface area contributed by atoms with Crippen molar-refractivity contribution in [2.45, 2.75) is 31.8 Å². The van der Waals surface area contributed by atoms with Gasteiger partial charge in [-0.05, 0) is 58.0 Å². The molecule has 0 radical (unpaired) electrons. The fourth-order valence-corrected chi connectivity index (χ4v) is 3.33. The molecule has 0 aliphatic carbocycles. The summed E-state index contributed by atoms with van der Waals surface area (Å²) in [6.45, 7) is 1.26. The Bertz CT molecular complexity index is 875. The minimum atomic E-state index is -1.18. The fraction of sp³-hybridized carbons (Fsp3) is 0.250. The summed E-state index contributed by atoms with van der Waals surface area (Å²) in [5.74, 6) is -2.72. The monoisotopic (exact) mass is 498 g/mol. The minimum absolute atomic E-state index is 0.0404. The van der Waals surface area contributed by atoms with E-state index in [0.717, 1.165) is 9.13 Å². The lowest BCUT2D eigenvalue weighted by atomic mass is 10.0. The Morgan fingerprint density at radius 1 is 1.00 bits per heavy atom. The van der Waals surface area contributed by atoms with E-state index in [1.807, 2.05) is 18.2 Å². The molecule has 0 spiro atoms. The Hall–Kier alpha value is -2.49. The summed E-state index contributed by atoms with van der Waals surface area (Å²) in [6.07, 6.45) is 0.142. The van der Waals surface area contributed by atoms with E-state index >= 15 is 0 Å². The number of carbonyl (C=O) groups is 3. The fourth-order valence-electron chi connectivity index (χ4n) is 2.73. The molecule has 0 unspecified atom stereocenters. The lowest BCUT2D eigenvalue weighted by molar-refractivity contribution is -0.142. The van der Waals surface area contributed by atoms with Gasteiger partial charge >= 0.3 is 5.97 Å². The van der Waals surface area contributed by atoms with Crippen LogP contribution in [0.3, 0.4) is 0 Å². The summed E-state index contributed by atoms with van der Waals surface area (Å²) in [6, 6.07) is 10.8. The van der Waals surface area contributed by atoms with Crippen LogP contribution in [0, 0.1) is 9.39 Å². The Kier molecular flexibility index (Phi) is 7.91. The number of nitrogens with one attached hydrogen (secondary N) is 2. The average molecular weight is 498 g/mol. The standard InChI is InChI=1S/C20H20FIN2O4/c1-12(25)23-17(10-13-4-2-6-15(21)8-13)19(26)24-18(20(27)28)11-14-5-3-7-16(22)9-14/h2-9,17-18H,10-11H2,1H3,(H,23,25)(H,24,26)(H,27,28)/t17-,18-/m0/s1. The second-order valence-electron chi connectivity index (χ2n) is 6.32. The lowest BCUT2D eigenvalue weighted by Gasteiger charge is -2.21. The zero-order chi connectivity index (χ0) is 20.7. The molecule has 0 aliphatic heterocycles. The van der Waals surface area contributed by atoms with Gasteiger partial charge < -0.3 is 15.7 Å². The molecule has 148 valence electrons. The topological polar surface area (TPSA) is 95.5 Å². The van der Waals surface area contributed by atoms with Gasteiger partial charge in [-0.25, -0.2) is 9.18 Å². The van der Waals surface area contributed by atoms with Crippen LogP contribution in [0.2, 0.25) is 0 Å². The summed E-state index contributed by atoms with van der Waals surface area (Å²) in [7, 11) is 0. The summed E-state index contributed by atoms with van der Waals surface area (Å²) in [5.41, 5.74) is 1.28. The van der Waals surface area contributed by atoms with Crippen LogP contribution in [0.1, 0.15) is 18.1 Å². The molecule has 6 nitrogen and oxygen atoms in total. The second kappa shape index (κ2) is 10.2. The van der Waals surface area contributed by atoms with Crippen LogP contribution in [0.5, 0.6) is 0 Å². The first-order valence-corrected chi connectivity index (χ1v) is 9.61. The molecular formula is C20H20FIN2O4. The van der Waals surface area contributed by atoms with Crippen molar-refractivity contribution >= 4 is 40.4 Å². The molecule has 0 aliphatic rings. The van der Waals surface area contributed by atoms with Gasteiger partial charge in [-0.2, -0.15) is 0 Å². The van der Waals surface area contributed by atoms with E-state index in [1.165, 1.54) is 25.1 Å². The van der Waals surface area contributed by atoms with Gasteiger partial charge in [-0.3, -0.25) is 9.59 Å². The quantitative estimate of drug-likeness (QED) is 0.487. The molecular weight excluding hydrogens is 478 g/mol. The number of carboxylic acids is 1. The SMILES string of the molecule is CC(=O)N[C@@H](Cc1cccc(F)c1)C(=O)N[C@@H](Cc1cccc(I)c1)C(=O)O. The third-order valence-corrected chi connectivity index (χ3v) is 4.64. The Morgan fingerprint density at radius 3 is 2.18 bits per heavy atom. The summed E-state index contributed by atoms with van der Waals surface area (Å²) in [5, 5.41) is 14.5. The van der Waals surface area contributed by atoms with Crippen LogP contribution in [0.25, 0.3) is 0 Å².